The van der Waals surface area contributed by atoms with Crippen molar-refractivity contribution in [2.75, 3.05) is 10.6 Å². The number of aromatic nitrogens is 1. The minimum Gasteiger partial charge on any atom is -0.307 e. The summed E-state index contributed by atoms with van der Waals surface area (Å²) < 4.78 is 0. The monoisotopic (exact) mass is 489 g/mol. The van der Waals surface area contributed by atoms with E-state index in [0.717, 1.165) is 46.6 Å². The predicted octanol–water partition coefficient (Wildman–Crippen LogP) is 9.34. The minimum atomic E-state index is -0.277. The number of urea groups is 1. The Morgan fingerprint density at radius 3 is 2.14 bits per heavy atom. The van der Waals surface area contributed by atoms with Crippen LogP contribution in [0.25, 0.3) is 11.3 Å². The molecular formula is C30H36ClN3O. The second kappa shape index (κ2) is 11.3. The van der Waals surface area contributed by atoms with Gasteiger partial charge in [-0.15, -0.1) is 0 Å². The molecule has 1 fully saturated rings. The Hall–Kier alpha value is -2.85. The third-order valence-electron chi connectivity index (χ3n) is 6.93. The molecule has 2 N–H and O–H groups in total. The van der Waals surface area contributed by atoms with Crippen LogP contribution in [0.4, 0.5) is 16.2 Å². The SMILES string of the molecule is CC(C)c1cccc(C(C)C)c1NC(=O)Nc1ccc(C2CCCCC2)nc1-c1ccccc1Cl. The van der Waals surface area contributed by atoms with Gasteiger partial charge >= 0.3 is 6.03 Å². The molecule has 0 atom stereocenters. The number of hydrogen-bond donors (Lipinski definition) is 2. The van der Waals surface area contributed by atoms with Crippen molar-refractivity contribution in [3.8, 4) is 11.3 Å². The van der Waals surface area contributed by atoms with Crippen molar-refractivity contribution in [3.05, 3.63) is 76.4 Å². The molecule has 2 aromatic carbocycles. The van der Waals surface area contributed by atoms with E-state index in [2.05, 4.69) is 62.6 Å². The molecule has 1 saturated carbocycles. The highest BCUT2D eigenvalue weighted by molar-refractivity contribution is 6.33. The van der Waals surface area contributed by atoms with Crippen molar-refractivity contribution < 1.29 is 4.79 Å². The fourth-order valence-corrected chi connectivity index (χ4v) is 5.25. The summed E-state index contributed by atoms with van der Waals surface area (Å²) >= 11 is 6.58. The fraction of sp³-hybridized carbons (Fsp3) is 0.400. The van der Waals surface area contributed by atoms with Gasteiger partial charge in [-0.2, -0.15) is 0 Å². The second-order valence-electron chi connectivity index (χ2n) is 10.1. The summed E-state index contributed by atoms with van der Waals surface area (Å²) in [5, 5.41) is 6.85. The van der Waals surface area contributed by atoms with Gasteiger partial charge < -0.3 is 10.6 Å². The molecule has 0 bridgehead atoms. The van der Waals surface area contributed by atoms with Gasteiger partial charge in [0.15, 0.2) is 0 Å². The van der Waals surface area contributed by atoms with Crippen LogP contribution < -0.4 is 10.6 Å². The Balaban J connectivity index is 1.68. The predicted molar refractivity (Wildman–Crippen MR) is 148 cm³/mol. The number of hydrogen-bond acceptors (Lipinski definition) is 2. The molecule has 1 aromatic heterocycles. The first-order valence-corrected chi connectivity index (χ1v) is 13.2. The van der Waals surface area contributed by atoms with Gasteiger partial charge in [0, 0.05) is 22.9 Å². The number of halogens is 1. The zero-order valence-corrected chi connectivity index (χ0v) is 22.0. The molecule has 184 valence electrons. The Kier molecular flexibility index (Phi) is 8.12. The molecule has 3 aromatic rings. The summed E-state index contributed by atoms with van der Waals surface area (Å²) in [6.07, 6.45) is 6.09. The second-order valence-corrected chi connectivity index (χ2v) is 10.6. The number of nitrogens with zero attached hydrogens (tertiary/aromatic N) is 1. The molecule has 0 radical (unpaired) electrons. The maximum absolute atomic E-state index is 13.3. The third-order valence-corrected chi connectivity index (χ3v) is 7.26. The Bertz CT molecular complexity index is 1160. The number of benzene rings is 2. The van der Waals surface area contributed by atoms with Crippen LogP contribution in [0.5, 0.6) is 0 Å². The molecule has 1 aliphatic rings. The largest absolute Gasteiger partial charge is 0.323 e. The number of pyridine rings is 1. The molecule has 2 amide bonds. The number of para-hydroxylation sites is 1. The van der Waals surface area contributed by atoms with E-state index in [9.17, 15) is 4.79 Å². The first kappa shape index (κ1) is 25.2. The van der Waals surface area contributed by atoms with Crippen LogP contribution >= 0.6 is 11.6 Å². The average molecular weight is 490 g/mol. The smallest absolute Gasteiger partial charge is 0.307 e. The van der Waals surface area contributed by atoms with Gasteiger partial charge in [-0.3, -0.25) is 4.98 Å². The Morgan fingerprint density at radius 2 is 1.51 bits per heavy atom. The highest BCUT2D eigenvalue weighted by atomic mass is 35.5. The lowest BCUT2D eigenvalue weighted by Gasteiger charge is -2.23. The van der Waals surface area contributed by atoms with Crippen LogP contribution in [0.15, 0.2) is 54.6 Å². The van der Waals surface area contributed by atoms with Crippen LogP contribution in [-0.4, -0.2) is 11.0 Å². The maximum atomic E-state index is 13.3. The first-order chi connectivity index (χ1) is 16.8. The van der Waals surface area contributed by atoms with Crippen molar-refractivity contribution in [1.29, 1.82) is 0 Å². The lowest BCUT2D eigenvalue weighted by Crippen LogP contribution is -2.22. The van der Waals surface area contributed by atoms with Gasteiger partial charge in [-0.25, -0.2) is 4.79 Å². The maximum Gasteiger partial charge on any atom is 0.323 e. The summed E-state index contributed by atoms with van der Waals surface area (Å²) in [6, 6.07) is 17.7. The van der Waals surface area contributed by atoms with Crippen molar-refractivity contribution >= 4 is 29.0 Å². The van der Waals surface area contributed by atoms with Gasteiger partial charge in [0.25, 0.3) is 0 Å². The molecule has 0 spiro atoms. The van der Waals surface area contributed by atoms with Gasteiger partial charge in [-0.1, -0.05) is 95.0 Å². The van der Waals surface area contributed by atoms with Gasteiger partial charge in [0.1, 0.15) is 0 Å². The van der Waals surface area contributed by atoms with Crippen molar-refractivity contribution in [2.45, 2.75) is 77.6 Å². The number of nitrogens with one attached hydrogen (secondary N) is 2. The topological polar surface area (TPSA) is 54.0 Å². The van der Waals surface area contributed by atoms with Gasteiger partial charge in [0.2, 0.25) is 0 Å². The number of anilines is 2. The van der Waals surface area contributed by atoms with E-state index in [1.54, 1.807) is 0 Å². The van der Waals surface area contributed by atoms with Crippen molar-refractivity contribution in [3.63, 3.8) is 0 Å². The van der Waals surface area contributed by atoms with E-state index in [4.69, 9.17) is 16.6 Å². The number of rotatable bonds is 6. The quantitative estimate of drug-likeness (QED) is 0.362. The molecule has 35 heavy (non-hydrogen) atoms. The molecule has 1 heterocycles. The Labute approximate surface area is 214 Å². The molecule has 5 heteroatoms. The lowest BCUT2D eigenvalue weighted by molar-refractivity contribution is 0.262. The number of carbonyl (C=O) groups excluding carboxylic acids is 1. The third kappa shape index (κ3) is 5.87. The summed E-state index contributed by atoms with van der Waals surface area (Å²) in [5.74, 6) is 1.04. The highest BCUT2D eigenvalue weighted by Crippen LogP contribution is 2.37. The van der Waals surface area contributed by atoms with Crippen LogP contribution in [0.1, 0.15) is 94.4 Å². The average Bonchev–Trinajstić information content (AvgIpc) is 2.85. The van der Waals surface area contributed by atoms with Gasteiger partial charge in [0.05, 0.1) is 16.4 Å². The van der Waals surface area contributed by atoms with E-state index in [-0.39, 0.29) is 6.03 Å². The van der Waals surface area contributed by atoms with E-state index < -0.39 is 0 Å². The van der Waals surface area contributed by atoms with E-state index in [0.29, 0.717) is 28.5 Å². The number of amides is 2. The fourth-order valence-electron chi connectivity index (χ4n) is 5.02. The summed E-state index contributed by atoms with van der Waals surface area (Å²) in [6.45, 7) is 8.58. The van der Waals surface area contributed by atoms with Crippen LogP contribution in [0.3, 0.4) is 0 Å². The molecular weight excluding hydrogens is 454 g/mol. The van der Waals surface area contributed by atoms with Gasteiger partial charge in [-0.05, 0) is 54.0 Å². The molecule has 4 rings (SSSR count). The van der Waals surface area contributed by atoms with Crippen LogP contribution in [0.2, 0.25) is 5.02 Å². The molecule has 1 aliphatic carbocycles. The molecule has 4 nitrogen and oxygen atoms in total. The standard InChI is InChI=1S/C30H36ClN3O/c1-19(2)22-14-10-15-23(20(3)4)28(22)34-30(35)33-27-18-17-26(21-11-6-5-7-12-21)32-29(27)24-13-8-9-16-25(24)31/h8-10,13-21H,5-7,11-12H2,1-4H3,(H2,33,34,35). The molecule has 0 aliphatic heterocycles. The molecule has 0 saturated heterocycles. The lowest BCUT2D eigenvalue weighted by atomic mass is 9.86. The summed E-state index contributed by atoms with van der Waals surface area (Å²) in [5.41, 5.74) is 6.43. The zero-order valence-electron chi connectivity index (χ0n) is 21.2. The van der Waals surface area contributed by atoms with Crippen molar-refractivity contribution in [2.24, 2.45) is 0 Å². The van der Waals surface area contributed by atoms with E-state index in [1.165, 1.54) is 19.3 Å². The zero-order chi connectivity index (χ0) is 24.9. The Morgan fingerprint density at radius 1 is 0.857 bits per heavy atom. The van der Waals surface area contributed by atoms with E-state index >= 15 is 0 Å². The summed E-state index contributed by atoms with van der Waals surface area (Å²) in [4.78, 5) is 18.4. The summed E-state index contributed by atoms with van der Waals surface area (Å²) in [7, 11) is 0. The highest BCUT2D eigenvalue weighted by Gasteiger charge is 2.21. The normalized spacial score (nSPS) is 14.4. The van der Waals surface area contributed by atoms with E-state index in [1.807, 2.05) is 30.3 Å². The van der Waals surface area contributed by atoms with Crippen LogP contribution in [-0.2, 0) is 0 Å². The van der Waals surface area contributed by atoms with Crippen LogP contribution in [0, 0.1) is 0 Å². The minimum absolute atomic E-state index is 0.277. The molecule has 0 unspecified atom stereocenters. The number of carbonyl (C=O) groups is 1. The van der Waals surface area contributed by atoms with Crippen molar-refractivity contribution in [1.82, 2.24) is 4.98 Å². The first-order valence-electron chi connectivity index (χ1n) is 12.8.